The molecular formula is C20H25NO3S2. The molecule has 1 atom stereocenters. The van der Waals surface area contributed by atoms with Crippen LogP contribution in [0.15, 0.2) is 32.8 Å². The highest BCUT2D eigenvalue weighted by Crippen LogP contribution is 2.47. The van der Waals surface area contributed by atoms with E-state index in [0.29, 0.717) is 12.0 Å². The normalized spacial score (nSPS) is 20.2. The standard InChI is InChI=1S/C20H25NO3S2/c1-5-12-10-13(20(26-12)25-6-2)17-16(19(23)24-4)11(3)21-14-8-7-9-15(22)18(14)17/h10,17,21H,5-9H2,1-4H3/t17-/m0/s1. The van der Waals surface area contributed by atoms with Crippen LogP contribution in [0.3, 0.4) is 0 Å². The summed E-state index contributed by atoms with van der Waals surface area (Å²) in [5.41, 5.74) is 4.20. The highest BCUT2D eigenvalue weighted by Gasteiger charge is 2.40. The number of allylic oxidation sites excluding steroid dienone is 3. The molecule has 2 heterocycles. The van der Waals surface area contributed by atoms with Crippen LogP contribution in [0, 0.1) is 0 Å². The second kappa shape index (κ2) is 8.01. The second-order valence-electron chi connectivity index (χ2n) is 6.50. The zero-order chi connectivity index (χ0) is 18.8. The minimum absolute atomic E-state index is 0.148. The van der Waals surface area contributed by atoms with E-state index in [1.807, 2.05) is 6.92 Å². The predicted octanol–water partition coefficient (Wildman–Crippen LogP) is 4.56. The lowest BCUT2D eigenvalue weighted by Gasteiger charge is -2.34. The fraction of sp³-hybridized carbons (Fsp3) is 0.500. The third-order valence-corrected chi connectivity index (χ3v) is 7.37. The Hall–Kier alpha value is -1.53. The first-order valence-electron chi connectivity index (χ1n) is 9.09. The van der Waals surface area contributed by atoms with Crippen molar-refractivity contribution in [3.05, 3.63) is 39.0 Å². The lowest BCUT2D eigenvalue weighted by Crippen LogP contribution is -2.34. The van der Waals surface area contributed by atoms with Gasteiger partial charge in [0.15, 0.2) is 5.78 Å². The number of hydrogen-bond donors (Lipinski definition) is 1. The van der Waals surface area contributed by atoms with Gasteiger partial charge in [-0.05, 0) is 43.6 Å². The Balaban J connectivity index is 2.22. The van der Waals surface area contributed by atoms with Crippen molar-refractivity contribution in [1.29, 1.82) is 0 Å². The van der Waals surface area contributed by atoms with Crippen molar-refractivity contribution in [2.24, 2.45) is 0 Å². The molecule has 0 unspecified atom stereocenters. The molecule has 4 nitrogen and oxygen atoms in total. The summed E-state index contributed by atoms with van der Waals surface area (Å²) in [5, 5.41) is 3.32. The van der Waals surface area contributed by atoms with Gasteiger partial charge in [-0.25, -0.2) is 4.79 Å². The fourth-order valence-electron chi connectivity index (χ4n) is 3.73. The summed E-state index contributed by atoms with van der Waals surface area (Å²) >= 11 is 3.56. The number of thiophene rings is 1. The Morgan fingerprint density at radius 1 is 1.38 bits per heavy atom. The number of ketones is 1. The average molecular weight is 392 g/mol. The summed E-state index contributed by atoms with van der Waals surface area (Å²) in [6, 6.07) is 2.18. The quantitative estimate of drug-likeness (QED) is 0.589. The summed E-state index contributed by atoms with van der Waals surface area (Å²) in [6.07, 6.45) is 3.21. The molecule has 1 aliphatic carbocycles. The Morgan fingerprint density at radius 2 is 2.15 bits per heavy atom. The Bertz CT molecular complexity index is 804. The van der Waals surface area contributed by atoms with Crippen LogP contribution < -0.4 is 5.32 Å². The minimum Gasteiger partial charge on any atom is -0.466 e. The molecule has 0 spiro atoms. The topological polar surface area (TPSA) is 55.4 Å². The van der Waals surface area contributed by atoms with Crippen molar-refractivity contribution in [3.8, 4) is 0 Å². The van der Waals surface area contributed by atoms with Gasteiger partial charge in [0.2, 0.25) is 0 Å². The van der Waals surface area contributed by atoms with E-state index in [9.17, 15) is 9.59 Å². The third kappa shape index (κ3) is 3.37. The molecule has 0 radical (unpaired) electrons. The van der Waals surface area contributed by atoms with E-state index in [0.717, 1.165) is 47.5 Å². The monoisotopic (exact) mass is 391 g/mol. The van der Waals surface area contributed by atoms with Crippen molar-refractivity contribution < 1.29 is 14.3 Å². The number of thioether (sulfide) groups is 1. The molecule has 0 aromatic carbocycles. The maximum Gasteiger partial charge on any atom is 0.336 e. The van der Waals surface area contributed by atoms with Crippen LogP contribution in [0.4, 0.5) is 0 Å². The number of hydrogen-bond acceptors (Lipinski definition) is 6. The van der Waals surface area contributed by atoms with Crippen LogP contribution in [0.1, 0.15) is 56.4 Å². The van der Waals surface area contributed by atoms with Gasteiger partial charge in [-0.3, -0.25) is 4.79 Å². The number of esters is 1. The number of methoxy groups -OCH3 is 1. The number of nitrogens with one attached hydrogen (secondary N) is 1. The van der Waals surface area contributed by atoms with E-state index in [-0.39, 0.29) is 17.7 Å². The molecule has 1 aromatic heterocycles. The SMILES string of the molecule is CCSc1sc(CC)cc1[C@H]1C(C(=O)OC)=C(C)NC2=C1C(=O)CCC2. The van der Waals surface area contributed by atoms with Gasteiger partial charge in [0.25, 0.3) is 0 Å². The first-order valence-corrected chi connectivity index (χ1v) is 10.9. The number of Topliss-reactive ketones (excluding diaryl/α,β-unsaturated/α-hetero) is 1. The van der Waals surface area contributed by atoms with Gasteiger partial charge in [-0.15, -0.1) is 23.1 Å². The van der Waals surface area contributed by atoms with Crippen LogP contribution in [0.5, 0.6) is 0 Å². The van der Waals surface area contributed by atoms with Gasteiger partial charge >= 0.3 is 5.97 Å². The first kappa shape index (κ1) is 19.2. The van der Waals surface area contributed by atoms with Crippen molar-refractivity contribution in [2.45, 2.75) is 56.6 Å². The zero-order valence-corrected chi connectivity index (χ0v) is 17.4. The zero-order valence-electron chi connectivity index (χ0n) is 15.7. The van der Waals surface area contributed by atoms with Gasteiger partial charge in [-0.1, -0.05) is 13.8 Å². The summed E-state index contributed by atoms with van der Waals surface area (Å²) in [6.45, 7) is 6.17. The maximum atomic E-state index is 12.8. The van der Waals surface area contributed by atoms with Crippen molar-refractivity contribution in [2.75, 3.05) is 12.9 Å². The van der Waals surface area contributed by atoms with Crippen LogP contribution in [0.25, 0.3) is 0 Å². The highest BCUT2D eigenvalue weighted by molar-refractivity contribution is 8.01. The molecule has 1 aromatic rings. The summed E-state index contributed by atoms with van der Waals surface area (Å²) in [7, 11) is 1.40. The summed E-state index contributed by atoms with van der Waals surface area (Å²) in [4.78, 5) is 26.8. The average Bonchev–Trinajstić information content (AvgIpc) is 3.03. The molecule has 3 rings (SSSR count). The minimum atomic E-state index is -0.360. The smallest absolute Gasteiger partial charge is 0.336 e. The van der Waals surface area contributed by atoms with Crippen LogP contribution in [-0.2, 0) is 20.7 Å². The van der Waals surface area contributed by atoms with E-state index in [2.05, 4.69) is 25.2 Å². The molecule has 1 N–H and O–H groups in total. The summed E-state index contributed by atoms with van der Waals surface area (Å²) < 4.78 is 6.29. The second-order valence-corrected chi connectivity index (χ2v) is 9.17. The molecule has 2 aliphatic rings. The highest BCUT2D eigenvalue weighted by atomic mass is 32.2. The molecule has 0 saturated carbocycles. The Labute approximate surface area is 163 Å². The molecular weight excluding hydrogens is 366 g/mol. The van der Waals surface area contributed by atoms with Crippen LogP contribution >= 0.6 is 23.1 Å². The van der Waals surface area contributed by atoms with E-state index in [1.165, 1.54) is 16.2 Å². The lowest BCUT2D eigenvalue weighted by molar-refractivity contribution is -0.136. The van der Waals surface area contributed by atoms with E-state index in [1.54, 1.807) is 23.1 Å². The summed E-state index contributed by atoms with van der Waals surface area (Å²) in [5.74, 6) is 0.422. The molecule has 0 saturated heterocycles. The molecule has 140 valence electrons. The maximum absolute atomic E-state index is 12.8. The largest absolute Gasteiger partial charge is 0.466 e. The van der Waals surface area contributed by atoms with Gasteiger partial charge in [-0.2, -0.15) is 0 Å². The van der Waals surface area contributed by atoms with Crippen molar-refractivity contribution in [1.82, 2.24) is 5.32 Å². The van der Waals surface area contributed by atoms with E-state index >= 15 is 0 Å². The number of carbonyl (C=O) groups is 2. The Kier molecular flexibility index (Phi) is 5.92. The third-order valence-electron chi connectivity index (χ3n) is 4.89. The van der Waals surface area contributed by atoms with Crippen LogP contribution in [-0.4, -0.2) is 24.6 Å². The number of aryl methyl sites for hydroxylation is 1. The number of carbonyl (C=O) groups excluding carboxylic acids is 2. The van der Waals surface area contributed by atoms with E-state index in [4.69, 9.17) is 4.74 Å². The lowest BCUT2D eigenvalue weighted by atomic mass is 9.76. The van der Waals surface area contributed by atoms with Gasteiger partial charge < -0.3 is 10.1 Å². The molecule has 0 fully saturated rings. The fourth-order valence-corrected chi connectivity index (χ4v) is 6.11. The van der Waals surface area contributed by atoms with E-state index < -0.39 is 0 Å². The molecule has 0 amide bonds. The molecule has 6 heteroatoms. The van der Waals surface area contributed by atoms with Gasteiger partial charge in [0.05, 0.1) is 22.8 Å². The number of rotatable bonds is 5. The van der Waals surface area contributed by atoms with Gasteiger partial charge in [0, 0.05) is 28.3 Å². The molecule has 1 aliphatic heterocycles. The number of ether oxygens (including phenoxy) is 1. The van der Waals surface area contributed by atoms with Crippen molar-refractivity contribution in [3.63, 3.8) is 0 Å². The predicted molar refractivity (Wildman–Crippen MR) is 107 cm³/mol. The van der Waals surface area contributed by atoms with Crippen LogP contribution in [0.2, 0.25) is 0 Å². The Morgan fingerprint density at radius 3 is 2.81 bits per heavy atom. The number of dihydropyridines is 1. The molecule has 26 heavy (non-hydrogen) atoms. The van der Waals surface area contributed by atoms with Crippen molar-refractivity contribution >= 4 is 34.9 Å². The molecule has 0 bridgehead atoms. The first-order chi connectivity index (χ1) is 12.5. The van der Waals surface area contributed by atoms with Gasteiger partial charge in [0.1, 0.15) is 0 Å².